The number of likely N-dealkylation sites (tertiary alicyclic amines) is 1. The number of rotatable bonds is 5. The molecule has 1 atom stereocenters. The van der Waals surface area contributed by atoms with E-state index in [0.717, 1.165) is 22.5 Å². The highest BCUT2D eigenvalue weighted by Crippen LogP contribution is 2.39. The van der Waals surface area contributed by atoms with Gasteiger partial charge in [-0.1, -0.05) is 52.3 Å². The summed E-state index contributed by atoms with van der Waals surface area (Å²) in [5.41, 5.74) is 2.45. The lowest BCUT2D eigenvalue weighted by atomic mass is 10.1. The number of halogens is 4. The summed E-state index contributed by atoms with van der Waals surface area (Å²) in [5, 5.41) is 0. The fourth-order valence-electron chi connectivity index (χ4n) is 5.02. The number of para-hydroxylation sites is 1. The third-order valence-corrected chi connectivity index (χ3v) is 7.59. The Morgan fingerprint density at radius 3 is 2.24 bits per heavy atom. The Labute approximate surface area is 228 Å². The number of benzene rings is 3. The zero-order valence-electron chi connectivity index (χ0n) is 21.0. The van der Waals surface area contributed by atoms with E-state index < -0.39 is 11.7 Å². The van der Waals surface area contributed by atoms with Crippen LogP contribution in [0.25, 0.3) is 28.2 Å². The maximum absolute atomic E-state index is 14.1. The van der Waals surface area contributed by atoms with Gasteiger partial charge in [-0.15, -0.1) is 0 Å². The number of hydrogen-bond donors (Lipinski definition) is 0. The Morgan fingerprint density at radius 2 is 1.58 bits per heavy atom. The molecule has 0 N–H and O–H groups in total. The van der Waals surface area contributed by atoms with Crippen LogP contribution >= 0.6 is 15.9 Å². The quantitative estimate of drug-likeness (QED) is 0.246. The van der Waals surface area contributed by atoms with Crippen LogP contribution in [-0.4, -0.2) is 53.5 Å². The van der Waals surface area contributed by atoms with Crippen LogP contribution in [0, 0.1) is 0 Å². The summed E-state index contributed by atoms with van der Waals surface area (Å²) in [4.78, 5) is 17.3. The molecular formula is C30H27BrF3N3O. The Balaban J connectivity index is 1.62. The maximum Gasteiger partial charge on any atom is 0.418 e. The molecular weight excluding hydrogens is 555 g/mol. The molecule has 1 saturated heterocycles. The van der Waals surface area contributed by atoms with Gasteiger partial charge in [0.1, 0.15) is 0 Å². The number of likely N-dealkylation sites (N-methyl/N-ethyl adjacent to an activating group) is 1. The lowest BCUT2D eigenvalue weighted by Crippen LogP contribution is -2.34. The van der Waals surface area contributed by atoms with E-state index in [1.165, 1.54) is 12.1 Å². The smallest absolute Gasteiger partial charge is 0.337 e. The minimum Gasteiger partial charge on any atom is -0.337 e. The first-order chi connectivity index (χ1) is 18.1. The molecule has 0 aliphatic carbocycles. The summed E-state index contributed by atoms with van der Waals surface area (Å²) in [6.07, 6.45) is -3.63. The number of carbonyl (C=O) groups is 1. The van der Waals surface area contributed by atoms with Gasteiger partial charge in [0.15, 0.2) is 0 Å². The van der Waals surface area contributed by atoms with Crippen molar-refractivity contribution in [2.24, 2.45) is 0 Å². The first-order valence-electron chi connectivity index (χ1n) is 12.3. The van der Waals surface area contributed by atoms with Crippen LogP contribution in [0.3, 0.4) is 0 Å². The van der Waals surface area contributed by atoms with Gasteiger partial charge in [0.25, 0.3) is 5.91 Å². The van der Waals surface area contributed by atoms with Gasteiger partial charge in [-0.3, -0.25) is 4.79 Å². The predicted molar refractivity (Wildman–Crippen MR) is 147 cm³/mol. The van der Waals surface area contributed by atoms with Gasteiger partial charge in [0.2, 0.25) is 0 Å². The van der Waals surface area contributed by atoms with Gasteiger partial charge in [-0.05, 0) is 80.2 Å². The molecule has 196 valence electrons. The molecule has 1 amide bonds. The lowest BCUT2D eigenvalue weighted by Gasteiger charge is -2.21. The highest BCUT2D eigenvalue weighted by atomic mass is 79.9. The van der Waals surface area contributed by atoms with Crippen molar-refractivity contribution in [2.75, 3.05) is 27.2 Å². The molecule has 4 nitrogen and oxygen atoms in total. The number of hydrogen-bond acceptors (Lipinski definition) is 2. The van der Waals surface area contributed by atoms with Crippen molar-refractivity contribution >= 4 is 21.8 Å². The largest absolute Gasteiger partial charge is 0.418 e. The molecule has 1 fully saturated rings. The van der Waals surface area contributed by atoms with Gasteiger partial charge in [0, 0.05) is 29.2 Å². The fourth-order valence-corrected chi connectivity index (χ4v) is 5.28. The minimum atomic E-state index is -4.54. The lowest BCUT2D eigenvalue weighted by molar-refractivity contribution is -0.137. The number of aromatic nitrogens is 1. The number of alkyl halides is 3. The van der Waals surface area contributed by atoms with E-state index in [9.17, 15) is 18.0 Å². The topological polar surface area (TPSA) is 28.5 Å². The van der Waals surface area contributed by atoms with Crippen molar-refractivity contribution in [1.29, 1.82) is 0 Å². The second kappa shape index (κ2) is 10.4. The maximum atomic E-state index is 14.1. The standard InChI is InChI=1S/C30H27BrF3N3O/c1-35(2)24-16-17-36(19-24)29(38)22-7-5-6-21(18-22)27-15-14-26(20-10-12-23(31)13-11-20)37(27)28-9-4-3-8-25(28)30(32,33)34/h3-15,18,24H,16-17,19H2,1-2H3. The zero-order valence-corrected chi connectivity index (χ0v) is 22.6. The second-order valence-electron chi connectivity index (χ2n) is 9.70. The summed E-state index contributed by atoms with van der Waals surface area (Å²) in [6.45, 7) is 1.33. The Bertz CT molecular complexity index is 1460. The molecule has 0 radical (unpaired) electrons. The van der Waals surface area contributed by atoms with Gasteiger partial charge in [-0.25, -0.2) is 0 Å². The van der Waals surface area contributed by atoms with Crippen LogP contribution in [-0.2, 0) is 6.18 Å². The number of carbonyl (C=O) groups excluding carboxylic acids is 1. The molecule has 8 heteroatoms. The Kier molecular flexibility index (Phi) is 7.20. The molecule has 0 spiro atoms. The average molecular weight is 582 g/mol. The van der Waals surface area contributed by atoms with Crippen molar-refractivity contribution in [3.8, 4) is 28.2 Å². The van der Waals surface area contributed by atoms with Crippen LogP contribution in [0.5, 0.6) is 0 Å². The van der Waals surface area contributed by atoms with Crippen LogP contribution < -0.4 is 0 Å². The highest BCUT2D eigenvalue weighted by Gasteiger charge is 2.35. The molecule has 4 aromatic rings. The minimum absolute atomic E-state index is 0.0306. The fraction of sp³-hybridized carbons (Fsp3) is 0.233. The summed E-state index contributed by atoms with van der Waals surface area (Å²) >= 11 is 3.43. The highest BCUT2D eigenvalue weighted by molar-refractivity contribution is 9.10. The molecule has 1 aliphatic rings. The Hall–Kier alpha value is -3.36. The van der Waals surface area contributed by atoms with Gasteiger partial charge in [0.05, 0.1) is 22.6 Å². The first-order valence-corrected chi connectivity index (χ1v) is 13.1. The molecule has 1 aromatic heterocycles. The monoisotopic (exact) mass is 581 g/mol. The SMILES string of the molecule is CN(C)C1CCN(C(=O)c2cccc(-c3ccc(-c4ccc(Br)cc4)n3-c3ccccc3C(F)(F)F)c2)C1. The van der Waals surface area contributed by atoms with E-state index in [4.69, 9.17) is 0 Å². The summed E-state index contributed by atoms with van der Waals surface area (Å²) in [6, 6.07) is 24.1. The van der Waals surface area contributed by atoms with Gasteiger partial charge >= 0.3 is 6.18 Å². The van der Waals surface area contributed by atoms with Crippen molar-refractivity contribution in [1.82, 2.24) is 14.4 Å². The third kappa shape index (κ3) is 5.15. The average Bonchev–Trinajstić information content (AvgIpc) is 3.57. The van der Waals surface area contributed by atoms with Crippen LogP contribution in [0.15, 0.2) is 89.4 Å². The summed E-state index contributed by atoms with van der Waals surface area (Å²) in [7, 11) is 4.02. The predicted octanol–water partition coefficient (Wildman–Crippen LogP) is 7.37. The normalized spacial score (nSPS) is 15.9. The van der Waals surface area contributed by atoms with Crippen molar-refractivity contribution in [3.63, 3.8) is 0 Å². The Morgan fingerprint density at radius 1 is 0.895 bits per heavy atom. The third-order valence-electron chi connectivity index (χ3n) is 7.06. The molecule has 1 unspecified atom stereocenters. The van der Waals surface area contributed by atoms with E-state index in [2.05, 4.69) is 20.8 Å². The summed E-state index contributed by atoms with van der Waals surface area (Å²) < 4.78 is 44.9. The second-order valence-corrected chi connectivity index (χ2v) is 10.6. The van der Waals surface area contributed by atoms with E-state index in [0.29, 0.717) is 41.6 Å². The van der Waals surface area contributed by atoms with Crippen molar-refractivity contribution < 1.29 is 18.0 Å². The molecule has 3 aromatic carbocycles. The molecule has 0 saturated carbocycles. The molecule has 38 heavy (non-hydrogen) atoms. The van der Waals surface area contributed by atoms with E-state index in [1.807, 2.05) is 61.5 Å². The van der Waals surface area contributed by atoms with E-state index in [-0.39, 0.29) is 11.6 Å². The van der Waals surface area contributed by atoms with E-state index >= 15 is 0 Å². The van der Waals surface area contributed by atoms with Crippen LogP contribution in [0.1, 0.15) is 22.3 Å². The van der Waals surface area contributed by atoms with Crippen LogP contribution in [0.2, 0.25) is 0 Å². The number of amides is 1. The number of nitrogens with zero attached hydrogens (tertiary/aromatic N) is 3. The molecule has 2 heterocycles. The summed E-state index contributed by atoms with van der Waals surface area (Å²) in [5.74, 6) is -0.0712. The van der Waals surface area contributed by atoms with E-state index in [1.54, 1.807) is 28.8 Å². The molecule has 5 rings (SSSR count). The van der Waals surface area contributed by atoms with Gasteiger partial charge < -0.3 is 14.4 Å². The first kappa shape index (κ1) is 26.3. The van der Waals surface area contributed by atoms with Gasteiger partial charge in [-0.2, -0.15) is 13.2 Å². The zero-order chi connectivity index (χ0) is 27.0. The van der Waals surface area contributed by atoms with Crippen LogP contribution in [0.4, 0.5) is 13.2 Å². The molecule has 0 bridgehead atoms. The molecule has 1 aliphatic heterocycles. The van der Waals surface area contributed by atoms with Crippen molar-refractivity contribution in [2.45, 2.75) is 18.6 Å². The van der Waals surface area contributed by atoms with Crippen molar-refractivity contribution in [3.05, 3.63) is 101 Å².